The normalized spacial score (nSPS) is 11.6. The molecule has 0 aliphatic rings. The maximum Gasteiger partial charge on any atom is 0.504 e. The second-order valence-electron chi connectivity index (χ2n) is 12.1. The summed E-state index contributed by atoms with van der Waals surface area (Å²) in [5, 5.41) is 0. The highest BCUT2D eigenvalue weighted by Crippen LogP contribution is 2.38. The number of rotatable bonds is 24. The highest BCUT2D eigenvalue weighted by Gasteiger charge is 2.47. The second-order valence-corrected chi connectivity index (χ2v) is 16.0. The van der Waals surface area contributed by atoms with Crippen LogP contribution >= 0.6 is 0 Å². The quantitative estimate of drug-likeness (QED) is 0.0344. The molecule has 2 aromatic rings. The molecule has 0 saturated heterocycles. The molecule has 2 rings (SSSR count). The van der Waals surface area contributed by atoms with Crippen molar-refractivity contribution in [1.29, 1.82) is 0 Å². The molecule has 0 aromatic heterocycles. The Morgan fingerprint density at radius 2 is 0.816 bits per heavy atom. The fourth-order valence-corrected chi connectivity index (χ4v) is 8.86. The lowest BCUT2D eigenvalue weighted by Crippen LogP contribution is -2.27. The van der Waals surface area contributed by atoms with Crippen LogP contribution in [0.2, 0.25) is 0 Å². The lowest BCUT2D eigenvalue weighted by Gasteiger charge is -2.18. The minimum Gasteiger partial charge on any atom is -0.493 e. The average molecular weight is 723 g/mol. The van der Waals surface area contributed by atoms with Crippen LogP contribution in [0.3, 0.4) is 0 Å². The molecule has 49 heavy (non-hydrogen) atoms. The summed E-state index contributed by atoms with van der Waals surface area (Å²) in [5.74, 6) is 0.823. The van der Waals surface area contributed by atoms with E-state index in [1.165, 1.54) is 24.3 Å². The van der Waals surface area contributed by atoms with Crippen molar-refractivity contribution in [3.8, 4) is 23.0 Å². The van der Waals surface area contributed by atoms with E-state index in [4.69, 9.17) is 18.9 Å². The predicted molar refractivity (Wildman–Crippen MR) is 195 cm³/mol. The molecule has 0 spiro atoms. The lowest BCUT2D eigenvalue weighted by molar-refractivity contribution is 0.00377. The van der Waals surface area contributed by atoms with Gasteiger partial charge in [-0.25, -0.2) is 16.8 Å². The third-order valence-corrected chi connectivity index (χ3v) is 12.4. The van der Waals surface area contributed by atoms with E-state index in [0.717, 1.165) is 64.2 Å². The first-order valence-corrected chi connectivity index (χ1v) is 21.1. The van der Waals surface area contributed by atoms with E-state index in [2.05, 4.69) is 18.6 Å². The summed E-state index contributed by atoms with van der Waals surface area (Å²) in [4.78, 5) is 2.13. The van der Waals surface area contributed by atoms with E-state index in [1.54, 1.807) is 0 Å². The Kier molecular flexibility index (Phi) is 18.8. The molecule has 276 valence electrons. The third-order valence-electron chi connectivity index (χ3n) is 8.16. The molecule has 10 nitrogen and oxygen atoms in total. The number of hydrogen-bond acceptors (Lipinski definition) is 8. The zero-order valence-electron chi connectivity index (χ0n) is 30.5. The van der Waals surface area contributed by atoms with Gasteiger partial charge in [0.15, 0.2) is 0 Å². The van der Waals surface area contributed by atoms with Crippen LogP contribution in [0.5, 0.6) is 23.0 Å². The highest BCUT2D eigenvalue weighted by atomic mass is 32.3. The molecule has 0 N–H and O–H groups in total. The molecule has 0 bridgehead atoms. The van der Waals surface area contributed by atoms with Crippen molar-refractivity contribution >= 4 is 24.1 Å². The van der Waals surface area contributed by atoms with E-state index in [-0.39, 0.29) is 24.7 Å². The van der Waals surface area contributed by atoms with E-state index in [9.17, 15) is 22.4 Å². The summed E-state index contributed by atoms with van der Waals surface area (Å²) in [6, 6.07) is 5.75. The van der Waals surface area contributed by atoms with Gasteiger partial charge in [0.1, 0.15) is 32.8 Å². The first kappa shape index (κ1) is 42.1. The third kappa shape index (κ3) is 12.0. The Morgan fingerprint density at radius 1 is 0.510 bits per heavy atom. The molecule has 0 aliphatic heterocycles. The summed E-state index contributed by atoms with van der Waals surface area (Å²) < 4.78 is 80.0. The monoisotopic (exact) mass is 722 g/mol. The van der Waals surface area contributed by atoms with E-state index in [1.807, 2.05) is 27.7 Å². The smallest absolute Gasteiger partial charge is 0.493 e. The summed E-state index contributed by atoms with van der Waals surface area (Å²) in [6.45, 7) is 13.3. The zero-order valence-corrected chi connectivity index (χ0v) is 32.1. The molecule has 0 radical (unpaired) electrons. The van der Waals surface area contributed by atoms with E-state index in [0.29, 0.717) is 61.5 Å². The molecular weight excluding hydrogens is 665 g/mol. The SMILES string of the molecule is CCCCCOc1cc(OCCCCC)c(S(=O)(=O)C(=[N+]=[N-])S(=O)(=O)c2cc(CC)c(OCCCCC)cc2OCCCCC)cc1CC. The number of hydrogen-bond donors (Lipinski definition) is 0. The van der Waals surface area contributed by atoms with Gasteiger partial charge < -0.3 is 24.5 Å². The van der Waals surface area contributed by atoms with Crippen molar-refractivity contribution in [3.63, 3.8) is 0 Å². The minimum absolute atomic E-state index is 0.0590. The molecule has 0 aliphatic carbocycles. The molecule has 0 amide bonds. The Labute approximate surface area is 295 Å². The predicted octanol–water partition coefficient (Wildman–Crippen LogP) is 8.92. The number of nitrogens with zero attached hydrogens (tertiary/aromatic N) is 2. The van der Waals surface area contributed by atoms with Crippen molar-refractivity contribution in [2.24, 2.45) is 0 Å². The molecule has 0 unspecified atom stereocenters. The first-order chi connectivity index (χ1) is 23.6. The maximum atomic E-state index is 14.4. The Morgan fingerprint density at radius 3 is 1.08 bits per heavy atom. The van der Waals surface area contributed by atoms with Crippen molar-refractivity contribution in [3.05, 3.63) is 40.9 Å². The van der Waals surface area contributed by atoms with Crippen LogP contribution < -0.4 is 18.9 Å². The number of unbranched alkanes of at least 4 members (excludes halogenated alkanes) is 8. The van der Waals surface area contributed by atoms with Gasteiger partial charge in [0.25, 0.3) is 19.7 Å². The van der Waals surface area contributed by atoms with Crippen LogP contribution in [0, 0.1) is 0 Å². The fraction of sp³-hybridized carbons (Fsp3) is 0.649. The molecule has 0 fully saturated rings. The summed E-state index contributed by atoms with van der Waals surface area (Å²) in [7, 11) is -9.92. The van der Waals surface area contributed by atoms with Gasteiger partial charge in [-0.2, -0.15) is 0 Å². The molecular formula is C37H58N2O8S2. The standard InChI is InChI=1S/C37H58N2O8S2/c1-7-13-17-21-44-31-27-33(46-23-19-15-9-3)35(25-29(31)11-5)48(40,41)37(39-38)49(42,43)36-26-30(12-6)32(45-22-18-14-8-2)28-34(36)47-24-20-16-10-4/h25-28H,7-24H2,1-6H3. The number of benzene rings is 2. The number of ether oxygens (including phenoxy) is 4. The van der Waals surface area contributed by atoms with Crippen LogP contribution in [0.15, 0.2) is 34.1 Å². The average Bonchev–Trinajstić information content (AvgIpc) is 3.08. The van der Waals surface area contributed by atoms with E-state index >= 15 is 0 Å². The van der Waals surface area contributed by atoms with Gasteiger partial charge in [0.05, 0.1) is 26.4 Å². The molecule has 12 heteroatoms. The topological polar surface area (TPSA) is 142 Å². The molecule has 2 aromatic carbocycles. The lowest BCUT2D eigenvalue weighted by atomic mass is 10.1. The zero-order chi connectivity index (χ0) is 36.3. The fourth-order valence-electron chi connectivity index (χ4n) is 5.21. The van der Waals surface area contributed by atoms with Gasteiger partial charge in [0, 0.05) is 12.1 Å². The van der Waals surface area contributed by atoms with Crippen LogP contribution in [0.25, 0.3) is 5.53 Å². The maximum absolute atomic E-state index is 14.4. The van der Waals surface area contributed by atoms with Gasteiger partial charge in [-0.3, -0.25) is 0 Å². The second kappa shape index (κ2) is 21.9. The van der Waals surface area contributed by atoms with Gasteiger partial charge in [0.2, 0.25) is 0 Å². The number of aryl methyl sites for hydroxylation is 2. The first-order valence-electron chi connectivity index (χ1n) is 18.1. The van der Waals surface area contributed by atoms with Crippen LogP contribution in [0.4, 0.5) is 0 Å². The highest BCUT2D eigenvalue weighted by molar-refractivity contribution is 8.31. The van der Waals surface area contributed by atoms with Gasteiger partial charge in [-0.15, -0.1) is 4.79 Å². The van der Waals surface area contributed by atoms with Crippen LogP contribution in [0.1, 0.15) is 130 Å². The van der Waals surface area contributed by atoms with Crippen LogP contribution in [-0.4, -0.2) is 52.4 Å². The van der Waals surface area contributed by atoms with Gasteiger partial charge in [-0.1, -0.05) is 92.9 Å². The molecule has 0 heterocycles. The van der Waals surface area contributed by atoms with Gasteiger partial charge in [-0.05, 0) is 61.8 Å². The van der Waals surface area contributed by atoms with Crippen molar-refractivity contribution in [1.82, 2.24) is 0 Å². The van der Waals surface area contributed by atoms with Crippen molar-refractivity contribution < 1.29 is 40.6 Å². The van der Waals surface area contributed by atoms with Crippen molar-refractivity contribution in [2.45, 2.75) is 141 Å². The van der Waals surface area contributed by atoms with E-state index < -0.39 is 33.8 Å². The van der Waals surface area contributed by atoms with Crippen molar-refractivity contribution in [2.75, 3.05) is 26.4 Å². The largest absolute Gasteiger partial charge is 0.504 e. The molecule has 0 atom stereocenters. The Balaban J connectivity index is 2.72. The summed E-state index contributed by atoms with van der Waals surface area (Å²) >= 11 is 0. The summed E-state index contributed by atoms with van der Waals surface area (Å²) in [5.41, 5.74) is 11.3. The van der Waals surface area contributed by atoms with Crippen LogP contribution in [-0.2, 0) is 32.5 Å². The number of sulfone groups is 2. The molecule has 0 saturated carbocycles. The Hall–Kier alpha value is -3.08. The Bertz CT molecular complexity index is 1470. The van der Waals surface area contributed by atoms with Gasteiger partial charge >= 0.3 is 4.38 Å². The summed E-state index contributed by atoms with van der Waals surface area (Å²) in [6.07, 6.45) is 11.4. The minimum atomic E-state index is -4.96.